The molecule has 0 radical (unpaired) electrons. The molecular weight excluding hydrogens is 290 g/mol. The third kappa shape index (κ3) is 3.97. The van der Waals surface area contributed by atoms with Crippen LogP contribution in [0.15, 0.2) is 48.5 Å². The summed E-state index contributed by atoms with van der Waals surface area (Å²) in [5, 5.41) is 18.9. The first-order valence-electron chi connectivity index (χ1n) is 6.54. The van der Waals surface area contributed by atoms with Crippen molar-refractivity contribution in [3.05, 3.63) is 64.7 Å². The van der Waals surface area contributed by atoms with E-state index < -0.39 is 5.97 Å². The standard InChI is InChI=1S/C16H16ClNO3/c17-13-6-7-15(14(10-13)16(20)21)18(8-9-19)11-12-4-2-1-3-5-12/h1-7,10,19H,8-9,11H2,(H,20,21). The average Bonchev–Trinajstić information content (AvgIpc) is 2.48. The highest BCUT2D eigenvalue weighted by atomic mass is 35.5. The molecule has 0 bridgehead atoms. The van der Waals surface area contributed by atoms with Crippen LogP contribution < -0.4 is 4.90 Å². The van der Waals surface area contributed by atoms with Crippen molar-refractivity contribution in [2.24, 2.45) is 0 Å². The molecule has 0 aliphatic carbocycles. The third-order valence-electron chi connectivity index (χ3n) is 3.12. The minimum absolute atomic E-state index is 0.0610. The van der Waals surface area contributed by atoms with E-state index in [1.807, 2.05) is 35.2 Å². The first-order valence-corrected chi connectivity index (χ1v) is 6.92. The van der Waals surface area contributed by atoms with Gasteiger partial charge in [0.1, 0.15) is 0 Å². The third-order valence-corrected chi connectivity index (χ3v) is 3.35. The lowest BCUT2D eigenvalue weighted by Crippen LogP contribution is -2.27. The zero-order valence-electron chi connectivity index (χ0n) is 11.4. The van der Waals surface area contributed by atoms with Crippen LogP contribution in [0.1, 0.15) is 15.9 Å². The number of carboxylic acid groups (broad SMARTS) is 1. The van der Waals surface area contributed by atoms with Crippen molar-refractivity contribution in [1.82, 2.24) is 0 Å². The predicted molar refractivity (Wildman–Crippen MR) is 83.0 cm³/mol. The van der Waals surface area contributed by atoms with E-state index in [1.54, 1.807) is 12.1 Å². The molecule has 2 rings (SSSR count). The molecular formula is C16H16ClNO3. The quantitative estimate of drug-likeness (QED) is 0.861. The number of halogens is 1. The summed E-state index contributed by atoms with van der Waals surface area (Å²) in [4.78, 5) is 13.2. The SMILES string of the molecule is O=C(O)c1cc(Cl)ccc1N(CCO)Cc1ccccc1. The second kappa shape index (κ2) is 7.11. The molecule has 5 heteroatoms. The number of carboxylic acids is 1. The van der Waals surface area contributed by atoms with Crippen molar-refractivity contribution in [1.29, 1.82) is 0 Å². The Balaban J connectivity index is 2.36. The number of benzene rings is 2. The first-order chi connectivity index (χ1) is 10.1. The molecule has 2 aromatic carbocycles. The van der Waals surface area contributed by atoms with Gasteiger partial charge in [-0.3, -0.25) is 0 Å². The van der Waals surface area contributed by atoms with Gasteiger partial charge in [0.05, 0.1) is 17.9 Å². The molecule has 0 aliphatic heterocycles. The molecule has 0 aromatic heterocycles. The number of aliphatic hydroxyl groups excluding tert-OH is 1. The van der Waals surface area contributed by atoms with Crippen LogP contribution in [0.2, 0.25) is 5.02 Å². The molecule has 0 fully saturated rings. The molecule has 2 aromatic rings. The fourth-order valence-corrected chi connectivity index (χ4v) is 2.34. The van der Waals surface area contributed by atoms with Gasteiger partial charge in [-0.25, -0.2) is 4.79 Å². The Morgan fingerprint density at radius 1 is 1.14 bits per heavy atom. The molecule has 4 nitrogen and oxygen atoms in total. The Hall–Kier alpha value is -2.04. The summed E-state index contributed by atoms with van der Waals surface area (Å²) < 4.78 is 0. The van der Waals surface area contributed by atoms with Crippen LogP contribution in [0.5, 0.6) is 0 Å². The highest BCUT2D eigenvalue weighted by molar-refractivity contribution is 6.31. The van der Waals surface area contributed by atoms with E-state index in [1.165, 1.54) is 6.07 Å². The van der Waals surface area contributed by atoms with Crippen LogP contribution in [0.25, 0.3) is 0 Å². The monoisotopic (exact) mass is 305 g/mol. The maximum absolute atomic E-state index is 11.4. The van der Waals surface area contributed by atoms with E-state index in [4.69, 9.17) is 11.6 Å². The van der Waals surface area contributed by atoms with Gasteiger partial charge in [-0.1, -0.05) is 41.9 Å². The Labute approximate surface area is 128 Å². The molecule has 0 heterocycles. The van der Waals surface area contributed by atoms with Gasteiger partial charge in [0, 0.05) is 18.1 Å². The lowest BCUT2D eigenvalue weighted by Gasteiger charge is -2.25. The first kappa shape index (κ1) is 15.4. The normalized spacial score (nSPS) is 10.4. The van der Waals surface area contributed by atoms with E-state index in [0.717, 1.165) is 5.56 Å². The minimum Gasteiger partial charge on any atom is -0.478 e. The van der Waals surface area contributed by atoms with Crippen molar-refractivity contribution >= 4 is 23.3 Å². The number of nitrogens with zero attached hydrogens (tertiary/aromatic N) is 1. The van der Waals surface area contributed by atoms with Crippen LogP contribution in [-0.2, 0) is 6.54 Å². The van der Waals surface area contributed by atoms with Gasteiger partial charge in [0.25, 0.3) is 0 Å². The predicted octanol–water partition coefficient (Wildman–Crippen LogP) is 3.04. The summed E-state index contributed by atoms with van der Waals surface area (Å²) in [5.41, 5.74) is 1.72. The molecule has 0 aliphatic rings. The van der Waals surface area contributed by atoms with E-state index in [9.17, 15) is 15.0 Å². The van der Waals surface area contributed by atoms with Crippen molar-refractivity contribution in [2.45, 2.75) is 6.54 Å². The maximum Gasteiger partial charge on any atom is 0.337 e. The number of anilines is 1. The largest absolute Gasteiger partial charge is 0.478 e. The number of carbonyl (C=O) groups is 1. The number of hydrogen-bond acceptors (Lipinski definition) is 3. The van der Waals surface area contributed by atoms with Crippen LogP contribution in [0, 0.1) is 0 Å². The van der Waals surface area contributed by atoms with Gasteiger partial charge in [0.15, 0.2) is 0 Å². The molecule has 0 saturated heterocycles. The molecule has 0 saturated carbocycles. The summed E-state index contributed by atoms with van der Waals surface area (Å²) in [6.07, 6.45) is 0. The van der Waals surface area contributed by atoms with E-state index >= 15 is 0 Å². The van der Waals surface area contributed by atoms with Crippen molar-refractivity contribution < 1.29 is 15.0 Å². The van der Waals surface area contributed by atoms with E-state index in [0.29, 0.717) is 23.8 Å². The number of hydrogen-bond donors (Lipinski definition) is 2. The molecule has 21 heavy (non-hydrogen) atoms. The van der Waals surface area contributed by atoms with Crippen LogP contribution in [0.3, 0.4) is 0 Å². The number of rotatable bonds is 6. The molecule has 0 spiro atoms. The lowest BCUT2D eigenvalue weighted by molar-refractivity contribution is 0.0697. The van der Waals surface area contributed by atoms with Crippen LogP contribution >= 0.6 is 11.6 Å². The summed E-state index contributed by atoms with van der Waals surface area (Å²) in [5.74, 6) is -1.04. The summed E-state index contributed by atoms with van der Waals surface area (Å²) in [6.45, 7) is 0.800. The van der Waals surface area contributed by atoms with Gasteiger partial charge in [-0.15, -0.1) is 0 Å². The number of aromatic carboxylic acids is 1. The number of aliphatic hydroxyl groups is 1. The van der Waals surface area contributed by atoms with Crippen LogP contribution in [-0.4, -0.2) is 29.3 Å². The fourth-order valence-electron chi connectivity index (χ4n) is 2.16. The highest BCUT2D eigenvalue weighted by Gasteiger charge is 2.16. The highest BCUT2D eigenvalue weighted by Crippen LogP contribution is 2.25. The lowest BCUT2D eigenvalue weighted by atomic mass is 10.1. The summed E-state index contributed by atoms with van der Waals surface area (Å²) in [6, 6.07) is 14.4. The Bertz CT molecular complexity index is 616. The van der Waals surface area contributed by atoms with E-state index in [2.05, 4.69) is 0 Å². The zero-order valence-corrected chi connectivity index (χ0v) is 12.1. The topological polar surface area (TPSA) is 60.8 Å². The molecule has 0 atom stereocenters. The Morgan fingerprint density at radius 2 is 1.86 bits per heavy atom. The van der Waals surface area contributed by atoms with Gasteiger partial charge in [-0.05, 0) is 23.8 Å². The average molecular weight is 306 g/mol. The van der Waals surface area contributed by atoms with Crippen molar-refractivity contribution in [2.75, 3.05) is 18.1 Å². The van der Waals surface area contributed by atoms with Crippen molar-refractivity contribution in [3.63, 3.8) is 0 Å². The zero-order chi connectivity index (χ0) is 15.2. The van der Waals surface area contributed by atoms with Gasteiger partial charge >= 0.3 is 5.97 Å². The molecule has 2 N–H and O–H groups in total. The fraction of sp³-hybridized carbons (Fsp3) is 0.188. The van der Waals surface area contributed by atoms with Crippen molar-refractivity contribution in [3.8, 4) is 0 Å². The van der Waals surface area contributed by atoms with Crippen LogP contribution in [0.4, 0.5) is 5.69 Å². The smallest absolute Gasteiger partial charge is 0.337 e. The van der Waals surface area contributed by atoms with Gasteiger partial charge < -0.3 is 15.1 Å². The summed E-state index contributed by atoms with van der Waals surface area (Å²) in [7, 11) is 0. The second-order valence-corrected chi connectivity index (χ2v) is 5.03. The molecule has 0 unspecified atom stereocenters. The summed E-state index contributed by atoms with van der Waals surface area (Å²) >= 11 is 5.87. The minimum atomic E-state index is -1.04. The van der Waals surface area contributed by atoms with Gasteiger partial charge in [-0.2, -0.15) is 0 Å². The second-order valence-electron chi connectivity index (χ2n) is 4.60. The maximum atomic E-state index is 11.4. The molecule has 0 amide bonds. The molecule has 110 valence electrons. The van der Waals surface area contributed by atoms with Gasteiger partial charge in [0.2, 0.25) is 0 Å². The Kier molecular flexibility index (Phi) is 5.20. The Morgan fingerprint density at radius 3 is 2.48 bits per heavy atom. The van der Waals surface area contributed by atoms with E-state index in [-0.39, 0.29) is 12.2 Å².